The van der Waals surface area contributed by atoms with Crippen LogP contribution in [0.3, 0.4) is 0 Å². The fourth-order valence-electron chi connectivity index (χ4n) is 3.61. The van der Waals surface area contributed by atoms with Crippen LogP contribution in [0.5, 0.6) is 0 Å². The average molecular weight is 261 g/mol. The van der Waals surface area contributed by atoms with Crippen molar-refractivity contribution in [3.63, 3.8) is 0 Å². The monoisotopic (exact) mass is 261 g/mol. The van der Waals surface area contributed by atoms with E-state index in [9.17, 15) is 0 Å². The minimum atomic E-state index is 0.575. The van der Waals surface area contributed by atoms with Gasteiger partial charge in [0.1, 0.15) is 0 Å². The van der Waals surface area contributed by atoms with Gasteiger partial charge in [-0.2, -0.15) is 0 Å². The van der Waals surface area contributed by atoms with E-state index in [2.05, 4.69) is 34.2 Å². The van der Waals surface area contributed by atoms with Crippen LogP contribution in [0.4, 0.5) is 0 Å². The third-order valence-electron chi connectivity index (χ3n) is 4.78. The number of hydrogen-bond acceptors (Lipinski definition) is 2. The molecule has 1 saturated heterocycles. The fourth-order valence-corrected chi connectivity index (χ4v) is 3.61. The SMILES string of the molecule is CNC1CCCCc2cn(CCN3CCCC3)cc21. The summed E-state index contributed by atoms with van der Waals surface area (Å²) in [5.41, 5.74) is 3.14. The van der Waals surface area contributed by atoms with E-state index in [1.807, 2.05) is 0 Å². The summed E-state index contributed by atoms with van der Waals surface area (Å²) in [5.74, 6) is 0. The van der Waals surface area contributed by atoms with Crippen LogP contribution in [0.2, 0.25) is 0 Å². The van der Waals surface area contributed by atoms with E-state index < -0.39 is 0 Å². The Morgan fingerprint density at radius 3 is 2.74 bits per heavy atom. The summed E-state index contributed by atoms with van der Waals surface area (Å²) < 4.78 is 2.43. The Morgan fingerprint density at radius 2 is 1.95 bits per heavy atom. The summed E-state index contributed by atoms with van der Waals surface area (Å²) >= 11 is 0. The number of fused-ring (bicyclic) bond motifs is 1. The zero-order valence-corrected chi connectivity index (χ0v) is 12.2. The second-order valence-corrected chi connectivity index (χ2v) is 6.11. The van der Waals surface area contributed by atoms with E-state index in [1.54, 1.807) is 11.1 Å². The lowest BCUT2D eigenvalue weighted by atomic mass is 10.1. The molecule has 0 amide bonds. The molecule has 3 rings (SSSR count). The fraction of sp³-hybridized carbons (Fsp3) is 0.750. The minimum absolute atomic E-state index is 0.575. The first kappa shape index (κ1) is 13.2. The van der Waals surface area contributed by atoms with Crippen molar-refractivity contribution in [3.8, 4) is 0 Å². The van der Waals surface area contributed by atoms with Crippen LogP contribution in [-0.2, 0) is 13.0 Å². The molecule has 0 spiro atoms. The molecule has 1 aromatic heterocycles. The first-order chi connectivity index (χ1) is 9.36. The Bertz CT molecular complexity index is 404. The molecule has 1 aromatic rings. The molecule has 1 fully saturated rings. The number of likely N-dealkylation sites (tertiary alicyclic amines) is 1. The standard InChI is InChI=1S/C16H27N3/c1-17-16-7-3-2-6-14-12-19(13-15(14)16)11-10-18-8-4-5-9-18/h12-13,16-17H,2-11H2,1H3. The number of nitrogens with one attached hydrogen (secondary N) is 1. The average Bonchev–Trinajstić information content (AvgIpc) is 3.03. The van der Waals surface area contributed by atoms with Gasteiger partial charge in [-0.1, -0.05) is 6.42 Å². The molecule has 1 aliphatic carbocycles. The lowest BCUT2D eigenvalue weighted by Gasteiger charge is -2.15. The molecule has 19 heavy (non-hydrogen) atoms. The maximum absolute atomic E-state index is 3.49. The van der Waals surface area contributed by atoms with Crippen molar-refractivity contribution in [3.05, 3.63) is 23.5 Å². The van der Waals surface area contributed by atoms with E-state index in [0.29, 0.717) is 6.04 Å². The van der Waals surface area contributed by atoms with Crippen molar-refractivity contribution < 1.29 is 0 Å². The Balaban J connectivity index is 1.66. The van der Waals surface area contributed by atoms with Gasteiger partial charge < -0.3 is 14.8 Å². The predicted molar refractivity (Wildman–Crippen MR) is 79.5 cm³/mol. The van der Waals surface area contributed by atoms with Crippen LogP contribution in [0.1, 0.15) is 49.3 Å². The normalized spacial score (nSPS) is 24.4. The van der Waals surface area contributed by atoms with Crippen LogP contribution in [-0.4, -0.2) is 36.1 Å². The topological polar surface area (TPSA) is 20.2 Å². The lowest BCUT2D eigenvalue weighted by Crippen LogP contribution is -2.23. The molecule has 0 saturated carbocycles. The molecule has 3 heteroatoms. The zero-order chi connectivity index (χ0) is 13.1. The first-order valence-electron chi connectivity index (χ1n) is 7.95. The maximum atomic E-state index is 3.49. The van der Waals surface area contributed by atoms with Gasteiger partial charge in [-0.15, -0.1) is 0 Å². The second-order valence-electron chi connectivity index (χ2n) is 6.11. The third-order valence-corrected chi connectivity index (χ3v) is 4.78. The van der Waals surface area contributed by atoms with Crippen molar-refractivity contribution in [2.45, 2.75) is 51.1 Å². The van der Waals surface area contributed by atoms with Crippen LogP contribution in [0, 0.1) is 0 Å². The second kappa shape index (κ2) is 6.10. The molecule has 1 unspecified atom stereocenters. The van der Waals surface area contributed by atoms with Crippen LogP contribution < -0.4 is 5.32 Å². The Hall–Kier alpha value is -0.800. The lowest BCUT2D eigenvalue weighted by molar-refractivity contribution is 0.322. The smallest absolute Gasteiger partial charge is 0.0347 e. The summed E-state index contributed by atoms with van der Waals surface area (Å²) in [6, 6.07) is 0.575. The zero-order valence-electron chi connectivity index (χ0n) is 12.2. The summed E-state index contributed by atoms with van der Waals surface area (Å²) in [4.78, 5) is 2.60. The van der Waals surface area contributed by atoms with E-state index in [1.165, 1.54) is 58.2 Å². The molecule has 3 nitrogen and oxygen atoms in total. The molecular formula is C16H27N3. The molecule has 0 radical (unpaired) electrons. The van der Waals surface area contributed by atoms with Crippen molar-refractivity contribution in [1.82, 2.24) is 14.8 Å². The Morgan fingerprint density at radius 1 is 1.11 bits per heavy atom. The number of aryl methyl sites for hydroxylation is 1. The summed E-state index contributed by atoms with van der Waals surface area (Å²) in [6.07, 6.45) is 12.9. The van der Waals surface area contributed by atoms with Gasteiger partial charge in [0.25, 0.3) is 0 Å². The van der Waals surface area contributed by atoms with Gasteiger partial charge in [0.05, 0.1) is 0 Å². The first-order valence-corrected chi connectivity index (χ1v) is 7.95. The molecule has 1 aliphatic heterocycles. The molecule has 0 aromatic carbocycles. The van der Waals surface area contributed by atoms with E-state index in [-0.39, 0.29) is 0 Å². The third kappa shape index (κ3) is 3.03. The summed E-state index contributed by atoms with van der Waals surface area (Å²) in [6.45, 7) is 4.99. The highest BCUT2D eigenvalue weighted by Gasteiger charge is 2.19. The Labute approximate surface area is 117 Å². The van der Waals surface area contributed by atoms with Crippen LogP contribution in [0.15, 0.2) is 12.4 Å². The number of hydrogen-bond donors (Lipinski definition) is 1. The summed E-state index contributed by atoms with van der Waals surface area (Å²) in [7, 11) is 2.10. The van der Waals surface area contributed by atoms with Gasteiger partial charge in [-0.05, 0) is 63.4 Å². The van der Waals surface area contributed by atoms with Gasteiger partial charge in [0, 0.05) is 31.5 Å². The molecule has 2 aliphatic rings. The van der Waals surface area contributed by atoms with Crippen molar-refractivity contribution in [2.75, 3.05) is 26.7 Å². The van der Waals surface area contributed by atoms with E-state index >= 15 is 0 Å². The highest BCUT2D eigenvalue weighted by atomic mass is 15.2. The van der Waals surface area contributed by atoms with Gasteiger partial charge in [0.2, 0.25) is 0 Å². The molecule has 0 bridgehead atoms. The molecular weight excluding hydrogens is 234 g/mol. The quantitative estimate of drug-likeness (QED) is 0.841. The van der Waals surface area contributed by atoms with E-state index in [0.717, 1.165) is 6.54 Å². The van der Waals surface area contributed by atoms with Gasteiger partial charge >= 0.3 is 0 Å². The largest absolute Gasteiger partial charge is 0.352 e. The highest BCUT2D eigenvalue weighted by molar-refractivity contribution is 5.29. The number of aromatic nitrogens is 1. The molecule has 1 atom stereocenters. The van der Waals surface area contributed by atoms with Gasteiger partial charge in [0.15, 0.2) is 0 Å². The summed E-state index contributed by atoms with van der Waals surface area (Å²) in [5, 5.41) is 3.49. The minimum Gasteiger partial charge on any atom is -0.352 e. The molecule has 1 N–H and O–H groups in total. The van der Waals surface area contributed by atoms with Crippen molar-refractivity contribution in [2.24, 2.45) is 0 Å². The molecule has 106 valence electrons. The van der Waals surface area contributed by atoms with Crippen molar-refractivity contribution >= 4 is 0 Å². The van der Waals surface area contributed by atoms with Crippen LogP contribution in [0.25, 0.3) is 0 Å². The maximum Gasteiger partial charge on any atom is 0.0347 e. The van der Waals surface area contributed by atoms with E-state index in [4.69, 9.17) is 0 Å². The predicted octanol–water partition coefficient (Wildman–Crippen LogP) is 2.57. The number of nitrogens with zero attached hydrogens (tertiary/aromatic N) is 2. The molecule has 2 heterocycles. The van der Waals surface area contributed by atoms with Gasteiger partial charge in [-0.3, -0.25) is 0 Å². The highest BCUT2D eigenvalue weighted by Crippen LogP contribution is 2.29. The van der Waals surface area contributed by atoms with Crippen LogP contribution >= 0.6 is 0 Å². The Kier molecular flexibility index (Phi) is 4.24. The van der Waals surface area contributed by atoms with Gasteiger partial charge in [-0.25, -0.2) is 0 Å². The van der Waals surface area contributed by atoms with Crippen molar-refractivity contribution in [1.29, 1.82) is 0 Å². The number of rotatable bonds is 4.